The summed E-state index contributed by atoms with van der Waals surface area (Å²) in [5.74, 6) is 0.142. The number of hydrogen-bond donors (Lipinski definition) is 1. The van der Waals surface area contributed by atoms with Crippen molar-refractivity contribution in [2.45, 2.75) is 26.3 Å². The van der Waals surface area contributed by atoms with Gasteiger partial charge in [0.25, 0.3) is 0 Å². The average molecular weight is 372 g/mol. The van der Waals surface area contributed by atoms with Gasteiger partial charge in [-0.2, -0.15) is 0 Å². The molecule has 3 aromatic rings. The maximum atomic E-state index is 12.5. The van der Waals surface area contributed by atoms with Gasteiger partial charge in [0.2, 0.25) is 0 Å². The van der Waals surface area contributed by atoms with E-state index in [1.807, 2.05) is 7.05 Å². The predicted molar refractivity (Wildman–Crippen MR) is 106 cm³/mol. The van der Waals surface area contributed by atoms with Crippen molar-refractivity contribution in [2.75, 3.05) is 13.6 Å². The fraction of sp³-hybridized carbons (Fsp3) is 0.286. The minimum atomic E-state index is -0.428. The van der Waals surface area contributed by atoms with Crippen LogP contribution in [-0.2, 0) is 6.54 Å². The number of phenols is 1. The summed E-state index contributed by atoms with van der Waals surface area (Å²) in [6.45, 7) is 3.58. The van der Waals surface area contributed by atoms with Crippen LogP contribution in [0.1, 0.15) is 25.3 Å². The van der Waals surface area contributed by atoms with Crippen molar-refractivity contribution in [1.29, 1.82) is 0 Å². The van der Waals surface area contributed by atoms with Crippen LogP contribution in [0, 0.1) is 0 Å². The molecule has 0 bridgehead atoms. The molecule has 0 fully saturated rings. The molecule has 0 radical (unpaired) electrons. The Morgan fingerprint density at radius 2 is 1.88 bits per heavy atom. The Kier molecular flexibility index (Phi) is 5.64. The predicted octanol–water partition coefficient (Wildman–Crippen LogP) is 5.05. The molecule has 1 heterocycles. The molecular formula is C21H22ClNO3. The Morgan fingerprint density at radius 1 is 1.15 bits per heavy atom. The summed E-state index contributed by atoms with van der Waals surface area (Å²) < 4.78 is 5.62. The fourth-order valence-electron chi connectivity index (χ4n) is 2.99. The molecule has 5 heteroatoms. The van der Waals surface area contributed by atoms with E-state index in [2.05, 4.69) is 11.8 Å². The largest absolute Gasteiger partial charge is 0.507 e. The molecular weight excluding hydrogens is 350 g/mol. The van der Waals surface area contributed by atoms with E-state index in [0.717, 1.165) is 30.3 Å². The molecule has 0 unspecified atom stereocenters. The summed E-state index contributed by atoms with van der Waals surface area (Å²) in [6.07, 6.45) is 2.18. The molecule has 136 valence electrons. The molecule has 0 aliphatic rings. The first-order chi connectivity index (χ1) is 12.5. The lowest BCUT2D eigenvalue weighted by molar-refractivity contribution is 0.314. The topological polar surface area (TPSA) is 53.7 Å². The Bertz CT molecular complexity index is 963. The molecule has 0 saturated heterocycles. The summed E-state index contributed by atoms with van der Waals surface area (Å²) in [4.78, 5) is 14.7. The first kappa shape index (κ1) is 18.5. The standard InChI is InChI=1S/C21H22ClNO3/c1-3-4-11-23(2)13-18-19(24)10-7-15-12-17(21(25)26-20(15)18)14-5-8-16(22)9-6-14/h5-10,12,24H,3-4,11,13H2,1-2H3. The lowest BCUT2D eigenvalue weighted by atomic mass is 10.0. The smallest absolute Gasteiger partial charge is 0.344 e. The van der Waals surface area contributed by atoms with Crippen molar-refractivity contribution in [1.82, 2.24) is 4.90 Å². The van der Waals surface area contributed by atoms with Crippen LogP contribution in [0.3, 0.4) is 0 Å². The highest BCUT2D eigenvalue weighted by atomic mass is 35.5. The number of benzene rings is 2. The van der Waals surface area contributed by atoms with Crippen LogP contribution in [0.5, 0.6) is 5.75 Å². The van der Waals surface area contributed by atoms with E-state index in [1.54, 1.807) is 42.5 Å². The molecule has 0 amide bonds. The number of halogens is 1. The summed E-state index contributed by atoms with van der Waals surface area (Å²) in [5.41, 5.74) is 1.88. The summed E-state index contributed by atoms with van der Waals surface area (Å²) >= 11 is 5.92. The van der Waals surface area contributed by atoms with Crippen molar-refractivity contribution in [3.05, 3.63) is 63.5 Å². The molecule has 1 N–H and O–H groups in total. The van der Waals surface area contributed by atoms with Gasteiger partial charge in [-0.3, -0.25) is 0 Å². The molecule has 2 aromatic carbocycles. The molecule has 1 aromatic heterocycles. The molecule has 3 rings (SSSR count). The van der Waals surface area contributed by atoms with Crippen LogP contribution >= 0.6 is 11.6 Å². The zero-order valence-electron chi connectivity index (χ0n) is 15.0. The van der Waals surface area contributed by atoms with Gasteiger partial charge in [-0.1, -0.05) is 37.1 Å². The average Bonchev–Trinajstić information content (AvgIpc) is 2.63. The van der Waals surface area contributed by atoms with Gasteiger partial charge in [0.05, 0.1) is 11.1 Å². The third kappa shape index (κ3) is 3.92. The van der Waals surface area contributed by atoms with Crippen molar-refractivity contribution in [3.8, 4) is 16.9 Å². The Hall–Kier alpha value is -2.30. The normalized spacial score (nSPS) is 11.4. The summed E-state index contributed by atoms with van der Waals surface area (Å²) in [7, 11) is 1.99. The number of aromatic hydroxyl groups is 1. The molecule has 0 aliphatic carbocycles. The zero-order valence-corrected chi connectivity index (χ0v) is 15.7. The minimum absolute atomic E-state index is 0.142. The Labute approximate surface area is 157 Å². The van der Waals surface area contributed by atoms with E-state index in [9.17, 15) is 9.90 Å². The van der Waals surface area contributed by atoms with Crippen LogP contribution in [0.15, 0.2) is 51.7 Å². The maximum Gasteiger partial charge on any atom is 0.344 e. The van der Waals surface area contributed by atoms with E-state index in [-0.39, 0.29) is 5.75 Å². The van der Waals surface area contributed by atoms with Crippen LogP contribution in [0.4, 0.5) is 0 Å². The van der Waals surface area contributed by atoms with E-state index in [1.165, 1.54) is 0 Å². The molecule has 0 aliphatic heterocycles. The highest BCUT2D eigenvalue weighted by molar-refractivity contribution is 6.30. The van der Waals surface area contributed by atoms with Gasteiger partial charge in [0.15, 0.2) is 0 Å². The first-order valence-electron chi connectivity index (χ1n) is 8.72. The second kappa shape index (κ2) is 7.94. The van der Waals surface area contributed by atoms with Gasteiger partial charge < -0.3 is 14.4 Å². The quantitative estimate of drug-likeness (QED) is 0.616. The van der Waals surface area contributed by atoms with Crippen molar-refractivity contribution < 1.29 is 9.52 Å². The van der Waals surface area contributed by atoms with Gasteiger partial charge in [-0.15, -0.1) is 0 Å². The van der Waals surface area contributed by atoms with E-state index in [4.69, 9.17) is 16.0 Å². The van der Waals surface area contributed by atoms with Crippen molar-refractivity contribution in [3.63, 3.8) is 0 Å². The van der Waals surface area contributed by atoms with Crippen LogP contribution in [0.2, 0.25) is 5.02 Å². The van der Waals surface area contributed by atoms with Gasteiger partial charge in [0.1, 0.15) is 11.3 Å². The second-order valence-corrected chi connectivity index (χ2v) is 6.96. The van der Waals surface area contributed by atoms with Crippen LogP contribution in [0.25, 0.3) is 22.1 Å². The highest BCUT2D eigenvalue weighted by Gasteiger charge is 2.15. The van der Waals surface area contributed by atoms with E-state index in [0.29, 0.717) is 28.3 Å². The highest BCUT2D eigenvalue weighted by Crippen LogP contribution is 2.30. The second-order valence-electron chi connectivity index (χ2n) is 6.53. The van der Waals surface area contributed by atoms with Crippen LogP contribution in [-0.4, -0.2) is 23.6 Å². The van der Waals surface area contributed by atoms with Gasteiger partial charge in [0, 0.05) is 17.0 Å². The summed E-state index contributed by atoms with van der Waals surface area (Å²) in [6, 6.07) is 12.3. The summed E-state index contributed by atoms with van der Waals surface area (Å²) in [5, 5.41) is 11.7. The van der Waals surface area contributed by atoms with Crippen molar-refractivity contribution >= 4 is 22.6 Å². The third-order valence-corrected chi connectivity index (χ3v) is 4.71. The molecule has 4 nitrogen and oxygen atoms in total. The van der Waals surface area contributed by atoms with Gasteiger partial charge in [-0.05, 0) is 55.9 Å². The number of rotatable bonds is 6. The van der Waals surface area contributed by atoms with Crippen LogP contribution < -0.4 is 5.63 Å². The number of hydrogen-bond acceptors (Lipinski definition) is 4. The SMILES string of the molecule is CCCCN(C)Cc1c(O)ccc2cc(-c3ccc(Cl)cc3)c(=O)oc12. The number of phenolic OH excluding ortho intramolecular Hbond substituents is 1. The Balaban J connectivity index is 2.05. The van der Waals surface area contributed by atoms with Gasteiger partial charge >= 0.3 is 5.63 Å². The lowest BCUT2D eigenvalue weighted by Crippen LogP contribution is -2.19. The molecule has 0 spiro atoms. The minimum Gasteiger partial charge on any atom is -0.507 e. The number of fused-ring (bicyclic) bond motifs is 1. The Morgan fingerprint density at radius 3 is 2.58 bits per heavy atom. The first-order valence-corrected chi connectivity index (χ1v) is 9.10. The van der Waals surface area contributed by atoms with E-state index >= 15 is 0 Å². The molecule has 0 saturated carbocycles. The number of unbranched alkanes of at least 4 members (excludes halogenated alkanes) is 1. The van der Waals surface area contributed by atoms with E-state index < -0.39 is 5.63 Å². The third-order valence-electron chi connectivity index (χ3n) is 4.46. The zero-order chi connectivity index (χ0) is 18.7. The number of nitrogens with zero attached hydrogens (tertiary/aromatic N) is 1. The molecule has 0 atom stereocenters. The fourth-order valence-corrected chi connectivity index (χ4v) is 3.12. The lowest BCUT2D eigenvalue weighted by Gasteiger charge is -2.18. The van der Waals surface area contributed by atoms with Gasteiger partial charge in [-0.25, -0.2) is 4.79 Å². The monoisotopic (exact) mass is 371 g/mol. The van der Waals surface area contributed by atoms with Crippen molar-refractivity contribution in [2.24, 2.45) is 0 Å². The molecule has 26 heavy (non-hydrogen) atoms. The maximum absolute atomic E-state index is 12.5.